The summed E-state index contributed by atoms with van der Waals surface area (Å²) in [5.74, 6) is -1.81. The van der Waals surface area contributed by atoms with Crippen LogP contribution in [-0.4, -0.2) is 28.9 Å². The van der Waals surface area contributed by atoms with Crippen molar-refractivity contribution in [1.29, 1.82) is 0 Å². The molecule has 110 valence electrons. The van der Waals surface area contributed by atoms with Crippen molar-refractivity contribution in [2.24, 2.45) is 5.92 Å². The Labute approximate surface area is 121 Å². The van der Waals surface area contributed by atoms with E-state index >= 15 is 0 Å². The topological polar surface area (TPSA) is 95.5 Å². The Bertz CT molecular complexity index is 626. The molecule has 1 heterocycles. The van der Waals surface area contributed by atoms with E-state index in [-0.39, 0.29) is 23.8 Å². The average molecular weight is 288 g/mol. The third kappa shape index (κ3) is 2.61. The number of hydrogen-bond acceptors (Lipinski definition) is 4. The van der Waals surface area contributed by atoms with E-state index in [0.29, 0.717) is 24.0 Å². The molecule has 21 heavy (non-hydrogen) atoms. The van der Waals surface area contributed by atoms with Gasteiger partial charge in [-0.25, -0.2) is 0 Å². The summed E-state index contributed by atoms with van der Waals surface area (Å²) in [5.41, 5.74) is 1.50. The molecule has 1 aliphatic carbocycles. The highest BCUT2D eigenvalue weighted by molar-refractivity contribution is 6.21. The molecule has 0 aromatic heterocycles. The smallest absolute Gasteiger partial charge is 0.306 e. The molecule has 6 nitrogen and oxygen atoms in total. The number of rotatable bonds is 3. The minimum atomic E-state index is -0.750. The molecule has 3 rings (SSSR count). The fourth-order valence-corrected chi connectivity index (χ4v) is 3.04. The van der Waals surface area contributed by atoms with Gasteiger partial charge in [0.25, 0.3) is 11.8 Å². The molecule has 0 saturated heterocycles. The van der Waals surface area contributed by atoms with Crippen molar-refractivity contribution in [3.05, 3.63) is 29.3 Å². The van der Waals surface area contributed by atoms with Gasteiger partial charge in [0.15, 0.2) is 0 Å². The molecule has 1 aliphatic heterocycles. The van der Waals surface area contributed by atoms with E-state index in [9.17, 15) is 14.4 Å². The predicted octanol–water partition coefficient (Wildman–Crippen LogP) is 1.63. The summed E-state index contributed by atoms with van der Waals surface area (Å²) in [7, 11) is 0. The Morgan fingerprint density at radius 2 is 1.95 bits per heavy atom. The number of imide groups is 1. The standard InChI is InChI=1S/C15H16N2O4/c18-13-11-5-4-10(7-12(11)14(19)17-13)16-9-3-1-2-8(6-9)15(20)21/h4-5,7-9,16H,1-3,6H2,(H,20,21)(H,17,18,19). The molecular formula is C15H16N2O4. The highest BCUT2D eigenvalue weighted by Crippen LogP contribution is 2.28. The zero-order chi connectivity index (χ0) is 15.0. The maximum Gasteiger partial charge on any atom is 0.306 e. The van der Waals surface area contributed by atoms with E-state index in [1.807, 2.05) is 0 Å². The highest BCUT2D eigenvalue weighted by atomic mass is 16.4. The second-order valence-corrected chi connectivity index (χ2v) is 5.59. The van der Waals surface area contributed by atoms with Crippen LogP contribution in [0.5, 0.6) is 0 Å². The first-order chi connectivity index (χ1) is 10.0. The average Bonchev–Trinajstić information content (AvgIpc) is 2.74. The molecule has 1 aromatic carbocycles. The third-order valence-corrected chi connectivity index (χ3v) is 4.13. The van der Waals surface area contributed by atoms with Gasteiger partial charge in [-0.3, -0.25) is 19.7 Å². The lowest BCUT2D eigenvalue weighted by molar-refractivity contribution is -0.142. The second kappa shape index (κ2) is 5.20. The van der Waals surface area contributed by atoms with Crippen LogP contribution < -0.4 is 10.6 Å². The first-order valence-corrected chi connectivity index (χ1v) is 7.03. The summed E-state index contributed by atoms with van der Waals surface area (Å²) >= 11 is 0. The van der Waals surface area contributed by atoms with Gasteiger partial charge in [0.2, 0.25) is 0 Å². The van der Waals surface area contributed by atoms with Crippen molar-refractivity contribution in [3.8, 4) is 0 Å². The molecule has 0 bridgehead atoms. The van der Waals surface area contributed by atoms with Crippen molar-refractivity contribution in [2.75, 3.05) is 5.32 Å². The van der Waals surface area contributed by atoms with Crippen LogP contribution in [0, 0.1) is 5.92 Å². The summed E-state index contributed by atoms with van der Waals surface area (Å²) in [4.78, 5) is 34.2. The van der Waals surface area contributed by atoms with Gasteiger partial charge < -0.3 is 10.4 Å². The fraction of sp³-hybridized carbons (Fsp3) is 0.400. The van der Waals surface area contributed by atoms with Crippen LogP contribution in [0.25, 0.3) is 0 Å². The van der Waals surface area contributed by atoms with Crippen LogP contribution in [0.2, 0.25) is 0 Å². The molecule has 1 fully saturated rings. The molecule has 6 heteroatoms. The number of nitrogens with one attached hydrogen (secondary N) is 2. The summed E-state index contributed by atoms with van der Waals surface area (Å²) in [6, 6.07) is 5.11. The van der Waals surface area contributed by atoms with E-state index in [1.165, 1.54) is 0 Å². The number of carbonyl (C=O) groups is 3. The number of fused-ring (bicyclic) bond motifs is 1. The Morgan fingerprint density at radius 3 is 2.71 bits per heavy atom. The van der Waals surface area contributed by atoms with Crippen LogP contribution in [-0.2, 0) is 4.79 Å². The van der Waals surface area contributed by atoms with E-state index in [0.717, 1.165) is 18.5 Å². The first kappa shape index (κ1) is 13.6. The summed E-state index contributed by atoms with van der Waals surface area (Å²) in [5, 5.41) is 14.6. The SMILES string of the molecule is O=C1NC(=O)c2cc(NC3CCCC(C(=O)O)C3)ccc21. The van der Waals surface area contributed by atoms with Crippen molar-refractivity contribution >= 4 is 23.5 Å². The van der Waals surface area contributed by atoms with Gasteiger partial charge in [0.1, 0.15) is 0 Å². The molecule has 0 radical (unpaired) electrons. The normalized spacial score (nSPS) is 24.4. The monoisotopic (exact) mass is 288 g/mol. The number of carboxylic acids is 1. The Morgan fingerprint density at radius 1 is 1.19 bits per heavy atom. The molecule has 2 atom stereocenters. The summed E-state index contributed by atoms with van der Waals surface area (Å²) < 4.78 is 0. The van der Waals surface area contributed by atoms with Gasteiger partial charge in [-0.2, -0.15) is 0 Å². The highest BCUT2D eigenvalue weighted by Gasteiger charge is 2.29. The molecule has 3 N–H and O–H groups in total. The fourth-order valence-electron chi connectivity index (χ4n) is 3.04. The van der Waals surface area contributed by atoms with Crippen LogP contribution >= 0.6 is 0 Å². The minimum absolute atomic E-state index is 0.0815. The zero-order valence-electron chi connectivity index (χ0n) is 11.4. The van der Waals surface area contributed by atoms with Gasteiger partial charge >= 0.3 is 5.97 Å². The zero-order valence-corrected chi connectivity index (χ0v) is 11.4. The molecule has 2 aliphatic rings. The van der Waals surface area contributed by atoms with Crippen LogP contribution in [0.4, 0.5) is 5.69 Å². The molecule has 1 aromatic rings. The Balaban J connectivity index is 1.74. The number of benzene rings is 1. The second-order valence-electron chi connectivity index (χ2n) is 5.59. The van der Waals surface area contributed by atoms with Crippen LogP contribution in [0.15, 0.2) is 18.2 Å². The molecule has 2 amide bonds. The van der Waals surface area contributed by atoms with E-state index < -0.39 is 5.97 Å². The number of amides is 2. The molecule has 0 spiro atoms. The Kier molecular flexibility index (Phi) is 3.37. The largest absolute Gasteiger partial charge is 0.481 e. The number of aliphatic carboxylic acids is 1. The molecular weight excluding hydrogens is 272 g/mol. The van der Waals surface area contributed by atoms with Gasteiger partial charge in [0, 0.05) is 11.7 Å². The van der Waals surface area contributed by atoms with Crippen molar-refractivity contribution in [3.63, 3.8) is 0 Å². The predicted molar refractivity (Wildman–Crippen MR) is 75.2 cm³/mol. The minimum Gasteiger partial charge on any atom is -0.481 e. The lowest BCUT2D eigenvalue weighted by Gasteiger charge is -2.28. The molecule has 1 saturated carbocycles. The number of carbonyl (C=O) groups excluding carboxylic acids is 2. The van der Waals surface area contributed by atoms with Gasteiger partial charge in [-0.15, -0.1) is 0 Å². The number of hydrogen-bond donors (Lipinski definition) is 3. The third-order valence-electron chi connectivity index (χ3n) is 4.13. The maximum atomic E-state index is 11.6. The van der Waals surface area contributed by atoms with Crippen LogP contribution in [0.1, 0.15) is 46.4 Å². The van der Waals surface area contributed by atoms with E-state index in [1.54, 1.807) is 18.2 Å². The number of carboxylic acid groups (broad SMARTS) is 1. The maximum absolute atomic E-state index is 11.6. The first-order valence-electron chi connectivity index (χ1n) is 7.03. The molecule has 2 unspecified atom stereocenters. The summed E-state index contributed by atoms with van der Waals surface area (Å²) in [6.07, 6.45) is 3.08. The Hall–Kier alpha value is -2.37. The quantitative estimate of drug-likeness (QED) is 0.735. The lowest BCUT2D eigenvalue weighted by atomic mass is 9.85. The number of anilines is 1. The van der Waals surface area contributed by atoms with Gasteiger partial charge in [-0.1, -0.05) is 6.42 Å². The van der Waals surface area contributed by atoms with Crippen molar-refractivity contribution in [2.45, 2.75) is 31.7 Å². The van der Waals surface area contributed by atoms with Gasteiger partial charge in [0.05, 0.1) is 17.0 Å². The lowest BCUT2D eigenvalue weighted by Crippen LogP contribution is -2.31. The van der Waals surface area contributed by atoms with Crippen molar-refractivity contribution < 1.29 is 19.5 Å². The van der Waals surface area contributed by atoms with E-state index in [2.05, 4.69) is 10.6 Å². The van der Waals surface area contributed by atoms with Crippen LogP contribution in [0.3, 0.4) is 0 Å². The van der Waals surface area contributed by atoms with Crippen molar-refractivity contribution in [1.82, 2.24) is 5.32 Å². The van der Waals surface area contributed by atoms with Gasteiger partial charge in [-0.05, 0) is 37.5 Å². The van der Waals surface area contributed by atoms with E-state index in [4.69, 9.17) is 5.11 Å². The summed E-state index contributed by atoms with van der Waals surface area (Å²) in [6.45, 7) is 0.